The number of benzene rings is 1. The van der Waals surface area contributed by atoms with Gasteiger partial charge < -0.3 is 10.2 Å². The molecule has 0 aromatic heterocycles. The SMILES string of the molecule is CCN(CC)C(=O)CN1C(=O)NC(C)(c2ccccc2)C1=O. The van der Waals surface area contributed by atoms with Gasteiger partial charge in [-0.05, 0) is 26.3 Å². The highest BCUT2D eigenvalue weighted by molar-refractivity contribution is 6.09. The van der Waals surface area contributed by atoms with Gasteiger partial charge in [0.25, 0.3) is 5.91 Å². The van der Waals surface area contributed by atoms with Crippen LogP contribution < -0.4 is 5.32 Å². The molecule has 1 fully saturated rings. The maximum Gasteiger partial charge on any atom is 0.325 e. The topological polar surface area (TPSA) is 69.7 Å². The Morgan fingerprint density at radius 1 is 1.18 bits per heavy atom. The van der Waals surface area contributed by atoms with Crippen molar-refractivity contribution in [3.8, 4) is 0 Å². The number of hydrogen-bond donors (Lipinski definition) is 1. The van der Waals surface area contributed by atoms with E-state index in [1.807, 2.05) is 32.0 Å². The van der Waals surface area contributed by atoms with E-state index in [2.05, 4.69) is 5.32 Å². The summed E-state index contributed by atoms with van der Waals surface area (Å²) >= 11 is 0. The molecule has 2 rings (SSSR count). The molecule has 1 N–H and O–H groups in total. The highest BCUT2D eigenvalue weighted by Crippen LogP contribution is 2.28. The van der Waals surface area contributed by atoms with Crippen molar-refractivity contribution in [2.24, 2.45) is 0 Å². The van der Waals surface area contributed by atoms with E-state index in [4.69, 9.17) is 0 Å². The molecule has 0 saturated carbocycles. The minimum absolute atomic E-state index is 0.227. The minimum atomic E-state index is -1.12. The molecule has 0 bridgehead atoms. The normalized spacial score (nSPS) is 21.0. The first-order chi connectivity index (χ1) is 10.4. The van der Waals surface area contributed by atoms with Gasteiger partial charge in [0.2, 0.25) is 5.91 Å². The summed E-state index contributed by atoms with van der Waals surface area (Å²) in [6.45, 7) is 6.26. The smallest absolute Gasteiger partial charge is 0.325 e. The van der Waals surface area contributed by atoms with Gasteiger partial charge in [0.15, 0.2) is 0 Å². The summed E-state index contributed by atoms with van der Waals surface area (Å²) in [4.78, 5) is 39.5. The maximum atomic E-state index is 12.6. The molecule has 1 saturated heterocycles. The molecular formula is C16H21N3O3. The zero-order chi connectivity index (χ0) is 16.3. The average molecular weight is 303 g/mol. The lowest BCUT2D eigenvalue weighted by atomic mass is 9.92. The third-order valence-corrected chi connectivity index (χ3v) is 4.04. The van der Waals surface area contributed by atoms with Crippen molar-refractivity contribution in [1.82, 2.24) is 15.1 Å². The van der Waals surface area contributed by atoms with Crippen LogP contribution in [0.2, 0.25) is 0 Å². The molecule has 0 aliphatic carbocycles. The summed E-state index contributed by atoms with van der Waals surface area (Å²) in [5, 5.41) is 2.69. The van der Waals surface area contributed by atoms with E-state index in [0.29, 0.717) is 18.7 Å². The predicted octanol–water partition coefficient (Wildman–Crippen LogP) is 1.32. The third kappa shape index (κ3) is 2.68. The highest BCUT2D eigenvalue weighted by atomic mass is 16.2. The number of rotatable bonds is 5. The lowest BCUT2D eigenvalue weighted by Gasteiger charge is -2.23. The number of likely N-dealkylation sites (N-methyl/N-ethyl adjacent to an activating group) is 1. The molecule has 0 spiro atoms. The van der Waals surface area contributed by atoms with Crippen LogP contribution in [-0.2, 0) is 15.1 Å². The van der Waals surface area contributed by atoms with Crippen LogP contribution in [-0.4, -0.2) is 47.3 Å². The van der Waals surface area contributed by atoms with Crippen LogP contribution in [0.25, 0.3) is 0 Å². The molecule has 1 heterocycles. The number of urea groups is 1. The molecular weight excluding hydrogens is 282 g/mol. The molecule has 1 aliphatic heterocycles. The minimum Gasteiger partial charge on any atom is -0.342 e. The van der Waals surface area contributed by atoms with Crippen LogP contribution in [0.15, 0.2) is 30.3 Å². The monoisotopic (exact) mass is 303 g/mol. The van der Waals surface area contributed by atoms with Crippen molar-refractivity contribution in [1.29, 1.82) is 0 Å². The van der Waals surface area contributed by atoms with Gasteiger partial charge in [-0.2, -0.15) is 0 Å². The fourth-order valence-electron chi connectivity index (χ4n) is 2.62. The van der Waals surface area contributed by atoms with Crippen LogP contribution in [0.5, 0.6) is 0 Å². The van der Waals surface area contributed by atoms with E-state index in [-0.39, 0.29) is 12.5 Å². The maximum absolute atomic E-state index is 12.6. The fourth-order valence-corrected chi connectivity index (χ4v) is 2.62. The molecule has 0 radical (unpaired) electrons. The van der Waals surface area contributed by atoms with E-state index in [1.165, 1.54) is 0 Å². The second-order valence-electron chi connectivity index (χ2n) is 5.38. The van der Waals surface area contributed by atoms with Crippen LogP contribution >= 0.6 is 0 Å². The van der Waals surface area contributed by atoms with Gasteiger partial charge >= 0.3 is 6.03 Å². The van der Waals surface area contributed by atoms with E-state index in [1.54, 1.807) is 24.0 Å². The lowest BCUT2D eigenvalue weighted by Crippen LogP contribution is -2.44. The molecule has 4 amide bonds. The number of hydrogen-bond acceptors (Lipinski definition) is 3. The van der Waals surface area contributed by atoms with Gasteiger partial charge in [-0.15, -0.1) is 0 Å². The molecule has 6 heteroatoms. The molecule has 1 unspecified atom stereocenters. The van der Waals surface area contributed by atoms with Crippen LogP contribution in [0.1, 0.15) is 26.3 Å². The Hall–Kier alpha value is -2.37. The van der Waals surface area contributed by atoms with Gasteiger partial charge in [-0.3, -0.25) is 14.5 Å². The summed E-state index contributed by atoms with van der Waals surface area (Å²) in [5.74, 6) is -0.630. The number of nitrogens with one attached hydrogen (secondary N) is 1. The molecule has 6 nitrogen and oxygen atoms in total. The van der Waals surface area contributed by atoms with E-state index in [0.717, 1.165) is 4.90 Å². The van der Waals surface area contributed by atoms with E-state index >= 15 is 0 Å². The molecule has 1 aromatic rings. The molecule has 1 aliphatic rings. The van der Waals surface area contributed by atoms with Crippen molar-refractivity contribution in [3.63, 3.8) is 0 Å². The molecule has 118 valence electrons. The Bertz CT molecular complexity index is 584. The molecule has 1 atom stereocenters. The lowest BCUT2D eigenvalue weighted by molar-refractivity contribution is -0.138. The van der Waals surface area contributed by atoms with E-state index in [9.17, 15) is 14.4 Å². The Kier molecular flexibility index (Phi) is 4.49. The zero-order valence-corrected chi connectivity index (χ0v) is 13.1. The summed E-state index contributed by atoms with van der Waals surface area (Å²) in [7, 11) is 0. The Labute approximate surface area is 130 Å². The highest BCUT2D eigenvalue weighted by Gasteiger charge is 2.49. The van der Waals surface area contributed by atoms with Crippen molar-refractivity contribution in [3.05, 3.63) is 35.9 Å². The van der Waals surface area contributed by atoms with Gasteiger partial charge in [0.05, 0.1) is 0 Å². The van der Waals surface area contributed by atoms with Gasteiger partial charge in [0.1, 0.15) is 12.1 Å². The van der Waals surface area contributed by atoms with Gasteiger partial charge in [-0.25, -0.2) is 4.79 Å². The number of amides is 4. The van der Waals surface area contributed by atoms with Crippen molar-refractivity contribution < 1.29 is 14.4 Å². The molecule has 22 heavy (non-hydrogen) atoms. The van der Waals surface area contributed by atoms with Crippen LogP contribution in [0.3, 0.4) is 0 Å². The summed E-state index contributed by atoms with van der Waals surface area (Å²) in [6, 6.07) is 8.50. The summed E-state index contributed by atoms with van der Waals surface area (Å²) < 4.78 is 0. The Morgan fingerprint density at radius 3 is 2.32 bits per heavy atom. The molecule has 1 aromatic carbocycles. The number of carbonyl (C=O) groups excluding carboxylic acids is 3. The first-order valence-electron chi connectivity index (χ1n) is 7.41. The van der Waals surface area contributed by atoms with Crippen LogP contribution in [0, 0.1) is 0 Å². The number of carbonyl (C=O) groups is 3. The quantitative estimate of drug-likeness (QED) is 0.834. The zero-order valence-electron chi connectivity index (χ0n) is 13.1. The largest absolute Gasteiger partial charge is 0.342 e. The Balaban J connectivity index is 2.21. The number of imide groups is 1. The third-order valence-electron chi connectivity index (χ3n) is 4.04. The average Bonchev–Trinajstić information content (AvgIpc) is 2.74. The fraction of sp³-hybridized carbons (Fsp3) is 0.438. The Morgan fingerprint density at radius 2 is 1.77 bits per heavy atom. The summed E-state index contributed by atoms with van der Waals surface area (Å²) in [5.41, 5.74) is -0.423. The predicted molar refractivity (Wildman–Crippen MR) is 82.0 cm³/mol. The van der Waals surface area contributed by atoms with Crippen LogP contribution in [0.4, 0.5) is 4.79 Å². The van der Waals surface area contributed by atoms with E-state index < -0.39 is 17.5 Å². The first-order valence-corrected chi connectivity index (χ1v) is 7.41. The van der Waals surface area contributed by atoms with Gasteiger partial charge in [0, 0.05) is 13.1 Å². The second-order valence-corrected chi connectivity index (χ2v) is 5.38. The first kappa shape index (κ1) is 16.0. The van der Waals surface area contributed by atoms with Gasteiger partial charge in [-0.1, -0.05) is 30.3 Å². The summed E-state index contributed by atoms with van der Waals surface area (Å²) in [6.07, 6.45) is 0. The second kappa shape index (κ2) is 6.17. The number of nitrogens with zero attached hydrogens (tertiary/aromatic N) is 2. The van der Waals surface area contributed by atoms with Crippen molar-refractivity contribution in [2.45, 2.75) is 26.3 Å². The standard InChI is InChI=1S/C16H21N3O3/c1-4-18(5-2)13(20)11-19-14(21)16(3,17-15(19)22)12-9-7-6-8-10-12/h6-10H,4-5,11H2,1-3H3,(H,17,22). The van der Waals surface area contributed by atoms with Crippen molar-refractivity contribution in [2.75, 3.05) is 19.6 Å². The van der Waals surface area contributed by atoms with Crippen molar-refractivity contribution >= 4 is 17.8 Å².